The van der Waals surface area contributed by atoms with Gasteiger partial charge in [0.1, 0.15) is 6.54 Å². The molecule has 6 nitrogen and oxygen atoms in total. The molecule has 1 N–H and O–H groups in total. The predicted octanol–water partition coefficient (Wildman–Crippen LogP) is 0.0909. The van der Waals surface area contributed by atoms with E-state index in [1.165, 1.54) is 7.11 Å². The van der Waals surface area contributed by atoms with Gasteiger partial charge in [-0.15, -0.1) is 4.91 Å². The molecule has 12 heavy (non-hydrogen) atoms. The van der Waals surface area contributed by atoms with Crippen molar-refractivity contribution in [3.8, 4) is 0 Å². The lowest BCUT2D eigenvalue weighted by molar-refractivity contribution is -0.138. The van der Waals surface area contributed by atoms with Crippen molar-refractivity contribution in [1.29, 1.82) is 0 Å². The summed E-state index contributed by atoms with van der Waals surface area (Å²) in [6.45, 7) is 0.447. The van der Waals surface area contributed by atoms with Gasteiger partial charge in [0.2, 0.25) is 0 Å². The summed E-state index contributed by atoms with van der Waals surface area (Å²) in [6.07, 6.45) is 0.593. The maximum absolute atomic E-state index is 10.1. The molecule has 0 aliphatic heterocycles. The van der Waals surface area contributed by atoms with Crippen LogP contribution in [0.4, 0.5) is 0 Å². The van der Waals surface area contributed by atoms with Crippen LogP contribution in [-0.4, -0.2) is 42.9 Å². The Morgan fingerprint density at radius 1 is 1.67 bits per heavy atom. The zero-order valence-corrected chi connectivity index (χ0v) is 6.89. The highest BCUT2D eigenvalue weighted by atomic mass is 16.5. The van der Waals surface area contributed by atoms with Crippen LogP contribution in [0.15, 0.2) is 5.29 Å². The summed E-state index contributed by atoms with van der Waals surface area (Å²) >= 11 is 0. The van der Waals surface area contributed by atoms with Gasteiger partial charge in [0.05, 0.1) is 5.29 Å². The average Bonchev–Trinajstić information content (AvgIpc) is 2.02. The fourth-order valence-corrected chi connectivity index (χ4v) is 0.696. The van der Waals surface area contributed by atoms with Crippen LogP contribution in [0.5, 0.6) is 0 Å². The van der Waals surface area contributed by atoms with Gasteiger partial charge >= 0.3 is 5.97 Å². The second-order valence-corrected chi connectivity index (χ2v) is 2.21. The van der Waals surface area contributed by atoms with Crippen LogP contribution in [0, 0.1) is 4.91 Å². The maximum atomic E-state index is 10.1. The quantitative estimate of drug-likeness (QED) is 0.338. The van der Waals surface area contributed by atoms with Crippen molar-refractivity contribution >= 4 is 5.97 Å². The van der Waals surface area contributed by atoms with Crippen molar-refractivity contribution in [2.24, 2.45) is 5.29 Å². The summed E-state index contributed by atoms with van der Waals surface area (Å²) < 4.78 is 4.72. The lowest BCUT2D eigenvalue weighted by atomic mass is 10.4. The third kappa shape index (κ3) is 5.60. The molecule has 0 aromatic rings. The van der Waals surface area contributed by atoms with Gasteiger partial charge in [-0.3, -0.25) is 4.79 Å². The number of nitroso groups, excluding NO2 is 1. The Morgan fingerprint density at radius 3 is 2.75 bits per heavy atom. The van der Waals surface area contributed by atoms with Gasteiger partial charge in [-0.25, -0.2) is 5.01 Å². The molecule has 0 saturated carbocycles. The lowest BCUT2D eigenvalue weighted by Crippen LogP contribution is -2.25. The summed E-state index contributed by atoms with van der Waals surface area (Å²) in [4.78, 5) is 20.1. The Hall–Kier alpha value is -1.17. The van der Waals surface area contributed by atoms with Crippen molar-refractivity contribution in [2.45, 2.75) is 6.42 Å². The van der Waals surface area contributed by atoms with E-state index < -0.39 is 5.97 Å². The first-order chi connectivity index (χ1) is 5.70. The van der Waals surface area contributed by atoms with Gasteiger partial charge in [-0.05, 0) is 6.42 Å². The molecule has 0 bridgehead atoms. The molecule has 70 valence electrons. The standard InChI is InChI=1S/C6H12N2O4/c1-12-4-2-3-8(7-11)5-6(9)10/h2-5H2,1H3,(H,9,10). The molecule has 0 spiro atoms. The topological polar surface area (TPSA) is 79.2 Å². The number of methoxy groups -OCH3 is 1. The molecule has 0 amide bonds. The number of carboxylic acids is 1. The molecule has 0 fully saturated rings. The molecular weight excluding hydrogens is 164 g/mol. The van der Waals surface area contributed by atoms with E-state index in [9.17, 15) is 9.70 Å². The van der Waals surface area contributed by atoms with Crippen molar-refractivity contribution in [3.63, 3.8) is 0 Å². The zero-order chi connectivity index (χ0) is 9.40. The summed E-state index contributed by atoms with van der Waals surface area (Å²) in [5, 5.41) is 11.8. The first-order valence-corrected chi connectivity index (χ1v) is 3.49. The molecule has 0 aromatic carbocycles. The summed E-state index contributed by atoms with van der Waals surface area (Å²) in [5.74, 6) is -1.06. The monoisotopic (exact) mass is 176 g/mol. The van der Waals surface area contributed by atoms with Crippen LogP contribution >= 0.6 is 0 Å². The van der Waals surface area contributed by atoms with Crippen LogP contribution in [0.3, 0.4) is 0 Å². The molecule has 0 aliphatic carbocycles. The third-order valence-electron chi connectivity index (χ3n) is 1.20. The highest BCUT2D eigenvalue weighted by Crippen LogP contribution is 1.91. The van der Waals surface area contributed by atoms with Gasteiger partial charge in [-0.2, -0.15) is 0 Å². The highest BCUT2D eigenvalue weighted by Gasteiger charge is 2.06. The van der Waals surface area contributed by atoms with Gasteiger partial charge in [0.25, 0.3) is 0 Å². The summed E-state index contributed by atoms with van der Waals surface area (Å²) in [7, 11) is 1.54. The van der Waals surface area contributed by atoms with E-state index in [-0.39, 0.29) is 6.54 Å². The van der Waals surface area contributed by atoms with Crippen molar-refractivity contribution < 1.29 is 14.6 Å². The van der Waals surface area contributed by atoms with Gasteiger partial charge < -0.3 is 9.84 Å². The van der Waals surface area contributed by atoms with Gasteiger partial charge in [-0.1, -0.05) is 0 Å². The van der Waals surface area contributed by atoms with Crippen molar-refractivity contribution in [3.05, 3.63) is 4.91 Å². The Morgan fingerprint density at radius 2 is 2.33 bits per heavy atom. The fraction of sp³-hybridized carbons (Fsp3) is 0.833. The summed E-state index contributed by atoms with van der Waals surface area (Å²) in [5.41, 5.74) is 0. The Balaban J connectivity index is 3.53. The first-order valence-electron chi connectivity index (χ1n) is 3.49. The largest absolute Gasteiger partial charge is 0.480 e. The molecule has 0 unspecified atom stereocenters. The lowest BCUT2D eigenvalue weighted by Gasteiger charge is -2.11. The molecule has 0 radical (unpaired) electrons. The Bertz CT molecular complexity index is 150. The van der Waals surface area contributed by atoms with E-state index in [1.54, 1.807) is 0 Å². The number of carboxylic acid groups (broad SMARTS) is 1. The molecule has 0 saturated heterocycles. The van der Waals surface area contributed by atoms with E-state index in [2.05, 4.69) is 5.29 Å². The minimum atomic E-state index is -1.06. The Labute approximate surface area is 70.1 Å². The summed E-state index contributed by atoms with van der Waals surface area (Å²) in [6, 6.07) is 0. The van der Waals surface area contributed by atoms with Gasteiger partial charge in [0.15, 0.2) is 0 Å². The minimum Gasteiger partial charge on any atom is -0.480 e. The number of hydrogen-bond donors (Lipinski definition) is 1. The van der Waals surface area contributed by atoms with E-state index >= 15 is 0 Å². The number of ether oxygens (including phenoxy) is 1. The number of rotatable bonds is 7. The van der Waals surface area contributed by atoms with Crippen LogP contribution in [0.1, 0.15) is 6.42 Å². The smallest absolute Gasteiger partial charge is 0.324 e. The fourth-order valence-electron chi connectivity index (χ4n) is 0.696. The maximum Gasteiger partial charge on any atom is 0.324 e. The van der Waals surface area contributed by atoms with E-state index in [0.717, 1.165) is 5.01 Å². The third-order valence-corrected chi connectivity index (χ3v) is 1.20. The minimum absolute atomic E-state index is 0.309. The molecule has 0 heterocycles. The number of aliphatic carboxylic acids is 1. The van der Waals surface area contributed by atoms with E-state index in [1.807, 2.05) is 0 Å². The zero-order valence-electron chi connectivity index (χ0n) is 6.89. The Kier molecular flexibility index (Phi) is 5.90. The van der Waals surface area contributed by atoms with Gasteiger partial charge in [0, 0.05) is 20.3 Å². The molecule has 0 aliphatic rings. The van der Waals surface area contributed by atoms with E-state index in [0.29, 0.717) is 19.6 Å². The van der Waals surface area contributed by atoms with Crippen LogP contribution < -0.4 is 0 Å². The molecular formula is C6H12N2O4. The number of hydrogen-bond acceptors (Lipinski definition) is 4. The number of nitrogens with zero attached hydrogens (tertiary/aromatic N) is 2. The molecule has 0 rings (SSSR count). The normalized spacial score (nSPS) is 9.42. The predicted molar refractivity (Wildman–Crippen MR) is 41.5 cm³/mol. The molecule has 0 atom stereocenters. The molecule has 6 heteroatoms. The van der Waals surface area contributed by atoms with Crippen molar-refractivity contribution in [1.82, 2.24) is 5.01 Å². The SMILES string of the molecule is COCCCN(CC(=O)O)N=O. The second kappa shape index (κ2) is 6.53. The first kappa shape index (κ1) is 10.8. The van der Waals surface area contributed by atoms with Crippen molar-refractivity contribution in [2.75, 3.05) is 26.8 Å². The molecule has 0 aromatic heterocycles. The van der Waals surface area contributed by atoms with Crippen LogP contribution in [0.2, 0.25) is 0 Å². The highest BCUT2D eigenvalue weighted by molar-refractivity contribution is 5.68. The number of carbonyl (C=O) groups is 1. The average molecular weight is 176 g/mol. The van der Waals surface area contributed by atoms with Crippen LogP contribution in [-0.2, 0) is 9.53 Å². The van der Waals surface area contributed by atoms with Crippen LogP contribution in [0.25, 0.3) is 0 Å². The second-order valence-electron chi connectivity index (χ2n) is 2.21. The van der Waals surface area contributed by atoms with E-state index in [4.69, 9.17) is 9.84 Å².